The van der Waals surface area contributed by atoms with Crippen LogP contribution in [0, 0.1) is 0 Å². The first kappa shape index (κ1) is 33.1. The van der Waals surface area contributed by atoms with E-state index < -0.39 is 26.0 Å². The molecule has 0 unspecified atom stereocenters. The Morgan fingerprint density at radius 2 is 1.83 bits per heavy atom. The summed E-state index contributed by atoms with van der Waals surface area (Å²) in [5, 5.41) is 3.78. The van der Waals surface area contributed by atoms with Gasteiger partial charge in [-0.25, -0.2) is 8.42 Å². The summed E-state index contributed by atoms with van der Waals surface area (Å²) in [6, 6.07) is 19.7. The molecule has 0 bridgehead atoms. The first-order chi connectivity index (χ1) is 22.4. The van der Waals surface area contributed by atoms with Gasteiger partial charge in [0.15, 0.2) is 12.3 Å². The van der Waals surface area contributed by atoms with Crippen molar-refractivity contribution in [3.05, 3.63) is 88.6 Å². The number of rotatable bonds is 12. The number of aromatic nitrogens is 1. The summed E-state index contributed by atoms with van der Waals surface area (Å²) in [6.45, 7) is 2.53. The Morgan fingerprint density at radius 3 is 2.55 bits per heavy atom. The van der Waals surface area contributed by atoms with Crippen molar-refractivity contribution in [2.24, 2.45) is 0 Å². The second-order valence-corrected chi connectivity index (χ2v) is 16.2. The number of thiazole rings is 1. The van der Waals surface area contributed by atoms with Crippen LogP contribution in [0.25, 0.3) is 37.5 Å². The van der Waals surface area contributed by atoms with Crippen molar-refractivity contribution in [3.8, 4) is 22.6 Å². The van der Waals surface area contributed by atoms with Crippen LogP contribution in [0.1, 0.15) is 24.8 Å². The number of fused-ring (bicyclic) bond motifs is 4. The number of aryl methyl sites for hydroxylation is 1. The maximum absolute atomic E-state index is 11.5. The molecule has 0 amide bonds. The molecule has 1 aliphatic rings. The quantitative estimate of drug-likeness (QED) is 0.115. The molecule has 1 N–H and O–H groups in total. The molecule has 0 atom stereocenters. The topological polar surface area (TPSA) is 137 Å². The van der Waals surface area contributed by atoms with Gasteiger partial charge in [-0.15, -0.1) is 11.3 Å². The maximum Gasteiger partial charge on any atom is 0.264 e. The van der Waals surface area contributed by atoms with Gasteiger partial charge in [0.2, 0.25) is 11.4 Å². The monoisotopic (exact) mass is 712 g/mol. The number of nitrogens with zero attached hydrogens (tertiary/aromatic N) is 2. The second-order valence-electron chi connectivity index (χ2n) is 11.1. The average molecular weight is 713 g/mol. The van der Waals surface area contributed by atoms with Gasteiger partial charge < -0.3 is 18.9 Å². The zero-order valence-electron chi connectivity index (χ0n) is 25.6. The highest BCUT2D eigenvalue weighted by molar-refractivity contribution is 7.85. The number of ether oxygens (including phenoxy) is 2. The smallest absolute Gasteiger partial charge is 0.264 e. The van der Waals surface area contributed by atoms with E-state index in [1.165, 1.54) is 11.3 Å². The molecule has 0 saturated carbocycles. The van der Waals surface area contributed by atoms with Gasteiger partial charge in [0.05, 0.1) is 28.7 Å². The van der Waals surface area contributed by atoms with Gasteiger partial charge in [-0.05, 0) is 53.6 Å². The van der Waals surface area contributed by atoms with Gasteiger partial charge in [-0.2, -0.15) is 13.0 Å². The van der Waals surface area contributed by atoms with Gasteiger partial charge in [0.1, 0.15) is 15.1 Å². The van der Waals surface area contributed by atoms with Crippen LogP contribution in [0.4, 0.5) is 5.69 Å². The molecule has 5 aromatic rings. The molecule has 0 saturated heterocycles. The highest BCUT2D eigenvalue weighted by Crippen LogP contribution is 2.42. The van der Waals surface area contributed by atoms with Gasteiger partial charge in [-0.3, -0.25) is 4.55 Å². The van der Waals surface area contributed by atoms with Crippen molar-refractivity contribution in [1.29, 1.82) is 0 Å². The number of hydrogen-bond donors (Lipinski definition) is 1. The van der Waals surface area contributed by atoms with E-state index in [0.29, 0.717) is 18.2 Å². The van der Waals surface area contributed by atoms with Crippen LogP contribution in [-0.2, 0) is 26.8 Å². The Bertz CT molecular complexity index is 2240. The SMILES string of the molecule is COc1cc2sc(/C=C(C)/C=C3\Oc4ccc(-c5ccccc5)cc4N3CCCS(=O)(=O)O)[n+](CCCS(=O)(=O)[O-])c2c2sccc12. The fourth-order valence-electron chi connectivity index (χ4n) is 5.66. The predicted molar refractivity (Wildman–Crippen MR) is 186 cm³/mol. The van der Waals surface area contributed by atoms with Crippen LogP contribution in [-0.4, -0.2) is 51.1 Å². The molecule has 2 aromatic heterocycles. The molecular weight excluding hydrogens is 681 g/mol. The maximum atomic E-state index is 11.5. The average Bonchev–Trinajstić information content (AvgIpc) is 3.72. The standard InChI is InChI=1S/C33H32N2O8S4/c1-22(19-31-35(14-7-17-47(39,40)41)32-29(45-31)21-28(42-2)25-12-15-44-33(25)32)18-30-34(13-6-16-46(36,37)38)26-20-24(10-11-27(26)43-30)23-8-4-3-5-9-23/h3-5,8-12,15,18-21H,6-7,13-14,16-17H2,1-2H3,(H-,36,37,38,39,40,41). The Labute approximate surface area is 281 Å². The fraction of sp³-hybridized carbons (Fsp3) is 0.242. The first-order valence-electron chi connectivity index (χ1n) is 14.7. The Morgan fingerprint density at radius 1 is 1.04 bits per heavy atom. The summed E-state index contributed by atoms with van der Waals surface area (Å²) >= 11 is 3.09. The molecule has 3 aromatic carbocycles. The third-order valence-electron chi connectivity index (χ3n) is 7.71. The third kappa shape index (κ3) is 7.53. The zero-order valence-corrected chi connectivity index (χ0v) is 28.8. The molecule has 0 radical (unpaired) electrons. The number of thiophene rings is 1. The molecule has 3 heterocycles. The molecule has 246 valence electrons. The third-order valence-corrected chi connectivity index (χ3v) is 11.3. The molecule has 0 fully saturated rings. The lowest BCUT2D eigenvalue weighted by Gasteiger charge is -2.18. The van der Waals surface area contributed by atoms with E-state index >= 15 is 0 Å². The largest absolute Gasteiger partial charge is 0.748 e. The van der Waals surface area contributed by atoms with Crippen LogP contribution >= 0.6 is 22.7 Å². The minimum Gasteiger partial charge on any atom is -0.748 e. The molecule has 6 rings (SSSR count). The number of methoxy groups -OCH3 is 1. The summed E-state index contributed by atoms with van der Waals surface area (Å²) in [4.78, 5) is 1.91. The lowest BCUT2D eigenvalue weighted by Crippen LogP contribution is -2.36. The molecule has 10 nitrogen and oxygen atoms in total. The summed E-state index contributed by atoms with van der Waals surface area (Å²) in [7, 11) is -6.89. The highest BCUT2D eigenvalue weighted by atomic mass is 32.2. The van der Waals surface area contributed by atoms with E-state index in [0.717, 1.165) is 53.4 Å². The summed E-state index contributed by atoms with van der Waals surface area (Å²) in [5.41, 5.74) is 4.55. The molecule has 1 aliphatic heterocycles. The molecule has 0 aliphatic carbocycles. The van der Waals surface area contributed by atoms with Gasteiger partial charge in [-0.1, -0.05) is 47.7 Å². The number of benzene rings is 3. The van der Waals surface area contributed by atoms with Crippen molar-refractivity contribution in [1.82, 2.24) is 0 Å². The highest BCUT2D eigenvalue weighted by Gasteiger charge is 2.28. The minimum atomic E-state index is -4.37. The normalized spacial score (nSPS) is 14.7. The van der Waals surface area contributed by atoms with Crippen LogP contribution in [0.15, 0.2) is 83.6 Å². The molecule has 47 heavy (non-hydrogen) atoms. The van der Waals surface area contributed by atoms with Crippen LogP contribution in [0.5, 0.6) is 11.5 Å². The number of anilines is 1. The lowest BCUT2D eigenvalue weighted by molar-refractivity contribution is -0.667. The van der Waals surface area contributed by atoms with Crippen molar-refractivity contribution in [2.45, 2.75) is 26.3 Å². The van der Waals surface area contributed by atoms with E-state index in [1.807, 2.05) is 94.6 Å². The number of hydrogen-bond acceptors (Lipinski definition) is 10. The van der Waals surface area contributed by atoms with E-state index in [4.69, 9.17) is 9.47 Å². The number of allylic oxidation sites excluding steroid dienone is 2. The second kappa shape index (κ2) is 13.4. The van der Waals surface area contributed by atoms with Crippen molar-refractivity contribution in [2.75, 3.05) is 30.1 Å². The van der Waals surface area contributed by atoms with Gasteiger partial charge >= 0.3 is 0 Å². The van der Waals surface area contributed by atoms with Gasteiger partial charge in [0.25, 0.3) is 15.1 Å². The Balaban J connectivity index is 1.40. The van der Waals surface area contributed by atoms with E-state index in [1.54, 1.807) is 18.4 Å². The first-order valence-corrected chi connectivity index (χ1v) is 19.6. The van der Waals surface area contributed by atoms with Gasteiger partial charge in [0, 0.05) is 42.3 Å². The Kier molecular flexibility index (Phi) is 9.43. The van der Waals surface area contributed by atoms with Crippen LogP contribution in [0.2, 0.25) is 0 Å². The van der Waals surface area contributed by atoms with E-state index in [-0.39, 0.29) is 25.1 Å². The van der Waals surface area contributed by atoms with Crippen LogP contribution in [0.3, 0.4) is 0 Å². The lowest BCUT2D eigenvalue weighted by atomic mass is 10.0. The van der Waals surface area contributed by atoms with Crippen LogP contribution < -0.4 is 18.9 Å². The Hall–Kier alpha value is -3.79. The van der Waals surface area contributed by atoms with E-state index in [9.17, 15) is 25.9 Å². The predicted octanol–water partition coefficient (Wildman–Crippen LogP) is 6.44. The van der Waals surface area contributed by atoms with Crippen molar-refractivity contribution in [3.63, 3.8) is 0 Å². The minimum absolute atomic E-state index is 0.159. The molecular formula is C33H32N2O8S4. The summed E-state index contributed by atoms with van der Waals surface area (Å²) in [6.07, 6.45) is 4.18. The van der Waals surface area contributed by atoms with Crippen molar-refractivity contribution >= 4 is 75.0 Å². The molecule has 0 spiro atoms. The fourth-order valence-corrected chi connectivity index (χ4v) is 8.90. The summed E-state index contributed by atoms with van der Waals surface area (Å²) < 4.78 is 82.6. The van der Waals surface area contributed by atoms with E-state index in [2.05, 4.69) is 0 Å². The zero-order chi connectivity index (χ0) is 33.3. The summed E-state index contributed by atoms with van der Waals surface area (Å²) in [5.74, 6) is 1.01. The van der Waals surface area contributed by atoms with Crippen molar-refractivity contribution < 1.29 is 40.0 Å². The molecule has 14 heteroatoms.